The number of hydrogen-bond acceptors (Lipinski definition) is 4. The molecule has 1 aromatic rings. The molecule has 2 aliphatic heterocycles. The van der Waals surface area contributed by atoms with Crippen LogP contribution in [-0.2, 0) is 0 Å². The molecule has 0 radical (unpaired) electrons. The van der Waals surface area contributed by atoms with Crippen LogP contribution in [0.1, 0.15) is 5.69 Å². The molecular weight excluding hydrogens is 188 g/mol. The Morgan fingerprint density at radius 2 is 1.80 bits per heavy atom. The summed E-state index contributed by atoms with van der Waals surface area (Å²) in [6.07, 6.45) is 1.78. The monoisotopic (exact) mass is 196 g/mol. The summed E-state index contributed by atoms with van der Waals surface area (Å²) in [5, 5.41) is 7.99. The van der Waals surface area contributed by atoms with Gasteiger partial charge in [0.1, 0.15) is 0 Å². The van der Waals surface area contributed by atoms with Crippen LogP contribution in [0.15, 0.2) is 30.5 Å². The van der Waals surface area contributed by atoms with E-state index in [0.717, 1.165) is 22.3 Å². The Morgan fingerprint density at radius 1 is 1.00 bits per heavy atom. The number of benzene rings is 1. The second-order valence-electron chi connectivity index (χ2n) is 3.38. The average molecular weight is 196 g/mol. The Bertz CT molecular complexity index is 606. The summed E-state index contributed by atoms with van der Waals surface area (Å²) in [6.45, 7) is 1.91. The minimum absolute atomic E-state index is 0.654. The molecule has 2 aliphatic rings. The van der Waals surface area contributed by atoms with Gasteiger partial charge in [0.05, 0.1) is 22.3 Å². The highest BCUT2D eigenvalue weighted by atomic mass is 15.2. The molecule has 4 nitrogen and oxygen atoms in total. The van der Waals surface area contributed by atoms with E-state index in [9.17, 15) is 0 Å². The summed E-state index contributed by atoms with van der Waals surface area (Å²) in [6, 6.07) is 7.74. The molecule has 15 heavy (non-hydrogen) atoms. The van der Waals surface area contributed by atoms with Gasteiger partial charge in [0.25, 0.3) is 0 Å². The summed E-state index contributed by atoms with van der Waals surface area (Å²) < 4.78 is 0. The summed E-state index contributed by atoms with van der Waals surface area (Å²) in [4.78, 5) is 8.79. The largest absolute Gasteiger partial charge is 0.254 e. The lowest BCUT2D eigenvalue weighted by atomic mass is 10.2. The predicted molar refractivity (Wildman–Crippen MR) is 56.5 cm³/mol. The van der Waals surface area contributed by atoms with Crippen molar-refractivity contribution >= 4 is 11.0 Å². The van der Waals surface area contributed by atoms with E-state index >= 15 is 0 Å². The van der Waals surface area contributed by atoms with Gasteiger partial charge >= 0.3 is 0 Å². The van der Waals surface area contributed by atoms with Crippen molar-refractivity contribution < 1.29 is 0 Å². The lowest BCUT2D eigenvalue weighted by Gasteiger charge is -1.87. The van der Waals surface area contributed by atoms with Gasteiger partial charge < -0.3 is 0 Å². The third kappa shape index (κ3) is 1.22. The second-order valence-corrected chi connectivity index (χ2v) is 3.38. The van der Waals surface area contributed by atoms with Crippen molar-refractivity contribution in [3.05, 3.63) is 36.2 Å². The van der Waals surface area contributed by atoms with Crippen LogP contribution in [0.2, 0.25) is 0 Å². The van der Waals surface area contributed by atoms with Gasteiger partial charge in [-0.3, -0.25) is 4.98 Å². The normalized spacial score (nSPS) is 11.0. The topological polar surface area (TPSA) is 51.6 Å². The number of aromatic nitrogens is 4. The fourth-order valence-corrected chi connectivity index (χ4v) is 1.54. The number of nitrogens with zero attached hydrogens (tertiary/aromatic N) is 4. The van der Waals surface area contributed by atoms with E-state index in [1.165, 1.54) is 0 Å². The van der Waals surface area contributed by atoms with Crippen molar-refractivity contribution in [2.75, 3.05) is 0 Å². The van der Waals surface area contributed by atoms with Crippen LogP contribution in [0, 0.1) is 6.92 Å². The van der Waals surface area contributed by atoms with E-state index in [4.69, 9.17) is 0 Å². The molecule has 4 heteroatoms. The maximum absolute atomic E-state index is 4.42. The molecule has 72 valence electrons. The predicted octanol–water partition coefficient (Wildman–Crippen LogP) is 1.83. The van der Waals surface area contributed by atoms with Gasteiger partial charge in [-0.1, -0.05) is 12.1 Å². The van der Waals surface area contributed by atoms with Crippen LogP contribution in [0.3, 0.4) is 0 Å². The van der Waals surface area contributed by atoms with Gasteiger partial charge in [0.2, 0.25) is 0 Å². The highest BCUT2D eigenvalue weighted by Crippen LogP contribution is 2.20. The second kappa shape index (κ2) is 2.95. The van der Waals surface area contributed by atoms with Gasteiger partial charge in [-0.25, -0.2) is 4.98 Å². The first-order chi connectivity index (χ1) is 7.34. The van der Waals surface area contributed by atoms with E-state index < -0.39 is 0 Å². The first kappa shape index (κ1) is 8.23. The van der Waals surface area contributed by atoms with E-state index in [2.05, 4.69) is 20.2 Å². The lowest BCUT2D eigenvalue weighted by Crippen LogP contribution is -1.78. The fraction of sp³-hybridized carbons (Fsp3) is 0.0909. The van der Waals surface area contributed by atoms with E-state index in [0.29, 0.717) is 5.82 Å². The molecule has 0 aliphatic carbocycles. The van der Waals surface area contributed by atoms with Crippen LogP contribution in [0.25, 0.3) is 22.4 Å². The van der Waals surface area contributed by atoms with Gasteiger partial charge in [0, 0.05) is 6.20 Å². The summed E-state index contributed by atoms with van der Waals surface area (Å²) in [5.74, 6) is 0.654. The number of fused-ring (bicyclic) bond motifs is 2. The zero-order chi connectivity index (χ0) is 10.3. The van der Waals surface area contributed by atoms with Crippen LogP contribution in [0.5, 0.6) is 0 Å². The first-order valence-corrected chi connectivity index (χ1v) is 4.69. The van der Waals surface area contributed by atoms with Gasteiger partial charge in [-0.2, -0.15) is 5.10 Å². The molecule has 1 aromatic carbocycles. The van der Waals surface area contributed by atoms with Crippen molar-refractivity contribution in [1.29, 1.82) is 0 Å². The zero-order valence-electron chi connectivity index (χ0n) is 8.18. The summed E-state index contributed by atoms with van der Waals surface area (Å²) in [7, 11) is 0. The van der Waals surface area contributed by atoms with Gasteiger partial charge in [0.15, 0.2) is 5.82 Å². The van der Waals surface area contributed by atoms with Crippen molar-refractivity contribution in [1.82, 2.24) is 20.2 Å². The number of aryl methyl sites for hydroxylation is 1. The molecule has 0 fully saturated rings. The first-order valence-electron chi connectivity index (χ1n) is 4.69. The van der Waals surface area contributed by atoms with Crippen LogP contribution >= 0.6 is 0 Å². The van der Waals surface area contributed by atoms with Crippen molar-refractivity contribution in [3.8, 4) is 11.4 Å². The molecule has 0 N–H and O–H groups in total. The van der Waals surface area contributed by atoms with Gasteiger partial charge in [-0.15, -0.1) is 5.10 Å². The molecule has 0 saturated carbocycles. The Balaban J connectivity index is 2.46. The van der Waals surface area contributed by atoms with Crippen LogP contribution < -0.4 is 0 Å². The SMILES string of the molecule is Cc1nnc2nc3ccccc3ncc1-2. The molecule has 0 saturated heterocycles. The minimum atomic E-state index is 0.654. The Hall–Kier alpha value is -2.10. The number of rotatable bonds is 0. The van der Waals surface area contributed by atoms with Crippen molar-refractivity contribution in [2.24, 2.45) is 0 Å². The molecule has 0 aromatic heterocycles. The molecule has 2 heterocycles. The molecule has 0 unspecified atom stereocenters. The molecule has 0 spiro atoms. The fourth-order valence-electron chi connectivity index (χ4n) is 1.54. The molecule has 3 rings (SSSR count). The van der Waals surface area contributed by atoms with Gasteiger partial charge in [-0.05, 0) is 19.1 Å². The van der Waals surface area contributed by atoms with E-state index in [1.807, 2.05) is 31.2 Å². The molecular formula is C11H8N4. The highest BCUT2D eigenvalue weighted by Gasteiger charge is 2.10. The highest BCUT2D eigenvalue weighted by molar-refractivity contribution is 5.76. The Kier molecular flexibility index (Phi) is 1.62. The van der Waals surface area contributed by atoms with Crippen LogP contribution in [-0.4, -0.2) is 20.2 Å². The standard InChI is InChI=1S/C11H8N4/c1-7-8-6-12-9-4-2-3-5-10(9)13-11(8)15-14-7/h2-6H,1H3. The third-order valence-corrected chi connectivity index (χ3v) is 2.37. The van der Waals surface area contributed by atoms with Crippen molar-refractivity contribution in [3.63, 3.8) is 0 Å². The van der Waals surface area contributed by atoms with E-state index in [1.54, 1.807) is 6.20 Å². The number of para-hydroxylation sites is 2. The average Bonchev–Trinajstić information content (AvgIpc) is 2.51. The lowest BCUT2D eigenvalue weighted by molar-refractivity contribution is 1.04. The quantitative estimate of drug-likeness (QED) is 0.550. The maximum atomic E-state index is 4.42. The Morgan fingerprint density at radius 3 is 2.67 bits per heavy atom. The zero-order valence-corrected chi connectivity index (χ0v) is 8.18. The summed E-state index contributed by atoms with van der Waals surface area (Å²) in [5.41, 5.74) is 3.49. The third-order valence-electron chi connectivity index (χ3n) is 2.37. The molecule has 0 bridgehead atoms. The smallest absolute Gasteiger partial charge is 0.185 e. The maximum Gasteiger partial charge on any atom is 0.185 e. The molecule has 0 amide bonds. The van der Waals surface area contributed by atoms with Crippen molar-refractivity contribution in [2.45, 2.75) is 6.92 Å². The number of hydrogen-bond donors (Lipinski definition) is 0. The Labute approximate surface area is 86.4 Å². The van der Waals surface area contributed by atoms with Crippen LogP contribution in [0.4, 0.5) is 0 Å². The minimum Gasteiger partial charge on any atom is -0.254 e. The van der Waals surface area contributed by atoms with E-state index in [-0.39, 0.29) is 0 Å². The molecule has 0 atom stereocenters. The summed E-state index contributed by atoms with van der Waals surface area (Å²) >= 11 is 0.